The summed E-state index contributed by atoms with van der Waals surface area (Å²) in [5, 5.41) is 0.726. The van der Waals surface area contributed by atoms with Gasteiger partial charge in [-0.1, -0.05) is 18.2 Å². The molecule has 7 heteroatoms. The van der Waals surface area contributed by atoms with Crippen LogP contribution < -0.4 is 16.5 Å². The van der Waals surface area contributed by atoms with Crippen LogP contribution in [-0.4, -0.2) is 20.4 Å². The first kappa shape index (κ1) is 12.9. The van der Waals surface area contributed by atoms with E-state index in [1.807, 2.05) is 25.1 Å². The third kappa shape index (κ3) is 2.50. The van der Waals surface area contributed by atoms with Gasteiger partial charge in [0.1, 0.15) is 6.33 Å². The Balaban J connectivity index is 2.49. The van der Waals surface area contributed by atoms with Gasteiger partial charge in [0.2, 0.25) is 5.91 Å². The molecular weight excluding hydrogens is 246 g/mol. The summed E-state index contributed by atoms with van der Waals surface area (Å²) in [7, 11) is 0. The molecule has 1 aromatic heterocycles. The highest BCUT2D eigenvalue weighted by molar-refractivity contribution is 5.88. The minimum atomic E-state index is -0.545. The molecule has 2 aromatic rings. The third-order valence-electron chi connectivity index (χ3n) is 2.62. The van der Waals surface area contributed by atoms with E-state index in [1.54, 1.807) is 6.07 Å². The molecule has 0 aliphatic carbocycles. The van der Waals surface area contributed by atoms with E-state index in [-0.39, 0.29) is 5.95 Å². The van der Waals surface area contributed by atoms with Crippen molar-refractivity contribution in [2.24, 2.45) is 5.84 Å². The largest absolute Gasteiger partial charge is 0.356 e. The number of anilines is 1. The molecule has 0 unspecified atom stereocenters. The summed E-state index contributed by atoms with van der Waals surface area (Å²) < 4.78 is 1.30. The Labute approximate surface area is 109 Å². The van der Waals surface area contributed by atoms with Gasteiger partial charge < -0.3 is 0 Å². The van der Waals surface area contributed by atoms with E-state index >= 15 is 0 Å². The first-order valence-corrected chi connectivity index (χ1v) is 5.58. The van der Waals surface area contributed by atoms with Gasteiger partial charge in [0.05, 0.1) is 5.69 Å². The number of amides is 1. The van der Waals surface area contributed by atoms with Crippen LogP contribution in [0.3, 0.4) is 0 Å². The molecule has 1 amide bonds. The second-order valence-corrected chi connectivity index (χ2v) is 3.98. The fourth-order valence-corrected chi connectivity index (χ4v) is 1.58. The predicted octanol–water partition coefficient (Wildman–Crippen LogP) is 0.163. The molecule has 98 valence electrons. The van der Waals surface area contributed by atoms with Crippen LogP contribution in [-0.2, 0) is 4.79 Å². The maximum absolute atomic E-state index is 11.9. The number of aryl methyl sites for hydroxylation is 1. The maximum atomic E-state index is 11.9. The number of hydrazine groups is 1. The van der Waals surface area contributed by atoms with Crippen LogP contribution >= 0.6 is 0 Å². The van der Waals surface area contributed by atoms with Crippen molar-refractivity contribution in [1.82, 2.24) is 14.5 Å². The molecule has 2 rings (SSSR count). The van der Waals surface area contributed by atoms with Crippen LogP contribution in [0.4, 0.5) is 5.95 Å². The zero-order chi connectivity index (χ0) is 14.0. The SMILES string of the molecule is CC(=O)N(N)c1ncn(-c2ccccc2C)c(=O)n1. The average Bonchev–Trinajstić information content (AvgIpc) is 2.38. The van der Waals surface area contributed by atoms with Gasteiger partial charge in [0.15, 0.2) is 0 Å². The lowest BCUT2D eigenvalue weighted by Crippen LogP contribution is -2.39. The van der Waals surface area contributed by atoms with E-state index in [0.29, 0.717) is 5.69 Å². The van der Waals surface area contributed by atoms with E-state index < -0.39 is 11.6 Å². The summed E-state index contributed by atoms with van der Waals surface area (Å²) in [6.07, 6.45) is 1.30. The van der Waals surface area contributed by atoms with Crippen LogP contribution in [0.2, 0.25) is 0 Å². The first-order chi connectivity index (χ1) is 9.00. The van der Waals surface area contributed by atoms with Gasteiger partial charge in [-0.25, -0.2) is 20.6 Å². The van der Waals surface area contributed by atoms with Gasteiger partial charge >= 0.3 is 5.69 Å². The van der Waals surface area contributed by atoms with E-state index in [9.17, 15) is 9.59 Å². The van der Waals surface area contributed by atoms with Crippen LogP contribution in [0, 0.1) is 6.92 Å². The number of para-hydroxylation sites is 1. The molecule has 0 aliphatic heterocycles. The van der Waals surface area contributed by atoms with Gasteiger partial charge in [-0.3, -0.25) is 9.36 Å². The van der Waals surface area contributed by atoms with Gasteiger partial charge in [0.25, 0.3) is 5.95 Å². The summed E-state index contributed by atoms with van der Waals surface area (Å²) in [4.78, 5) is 30.6. The molecule has 1 heterocycles. The molecule has 0 bridgehead atoms. The highest BCUT2D eigenvalue weighted by Gasteiger charge is 2.12. The predicted molar refractivity (Wildman–Crippen MR) is 69.7 cm³/mol. The molecule has 0 atom stereocenters. The number of aromatic nitrogens is 3. The zero-order valence-electron chi connectivity index (χ0n) is 10.6. The molecule has 0 saturated heterocycles. The Morgan fingerprint density at radius 2 is 2.05 bits per heavy atom. The Bertz CT molecular complexity index is 680. The number of rotatable bonds is 2. The van der Waals surface area contributed by atoms with E-state index in [1.165, 1.54) is 17.8 Å². The van der Waals surface area contributed by atoms with Crippen molar-refractivity contribution in [3.8, 4) is 5.69 Å². The number of carbonyl (C=O) groups excluding carboxylic acids is 1. The topological polar surface area (TPSA) is 94.1 Å². The van der Waals surface area contributed by atoms with Crippen molar-refractivity contribution in [2.45, 2.75) is 13.8 Å². The minimum Gasteiger partial charge on any atom is -0.273 e. The summed E-state index contributed by atoms with van der Waals surface area (Å²) in [5.74, 6) is 4.86. The summed E-state index contributed by atoms with van der Waals surface area (Å²) in [6.45, 7) is 3.14. The molecular formula is C12H13N5O2. The van der Waals surface area contributed by atoms with Gasteiger partial charge in [-0.15, -0.1) is 0 Å². The maximum Gasteiger partial charge on any atom is 0.356 e. The number of benzene rings is 1. The Morgan fingerprint density at radius 1 is 1.37 bits per heavy atom. The number of nitrogens with zero attached hydrogens (tertiary/aromatic N) is 4. The lowest BCUT2D eigenvalue weighted by Gasteiger charge is -2.12. The highest BCUT2D eigenvalue weighted by atomic mass is 16.2. The highest BCUT2D eigenvalue weighted by Crippen LogP contribution is 2.10. The quantitative estimate of drug-likeness (QED) is 0.471. The van der Waals surface area contributed by atoms with Crippen molar-refractivity contribution in [2.75, 3.05) is 5.01 Å². The fraction of sp³-hybridized carbons (Fsp3) is 0.167. The Kier molecular flexibility index (Phi) is 3.39. The molecule has 0 radical (unpaired) electrons. The van der Waals surface area contributed by atoms with Gasteiger partial charge in [0, 0.05) is 6.92 Å². The number of nitrogens with two attached hydrogens (primary N) is 1. The molecule has 19 heavy (non-hydrogen) atoms. The molecule has 2 N–H and O–H groups in total. The van der Waals surface area contributed by atoms with Crippen LogP contribution in [0.5, 0.6) is 0 Å². The summed E-state index contributed by atoms with van der Waals surface area (Å²) in [6, 6.07) is 7.34. The van der Waals surface area contributed by atoms with Crippen LogP contribution in [0.15, 0.2) is 35.4 Å². The smallest absolute Gasteiger partial charge is 0.273 e. The fourth-order valence-electron chi connectivity index (χ4n) is 1.58. The molecule has 7 nitrogen and oxygen atoms in total. The van der Waals surface area contributed by atoms with E-state index in [4.69, 9.17) is 5.84 Å². The van der Waals surface area contributed by atoms with Crippen molar-refractivity contribution in [1.29, 1.82) is 0 Å². The zero-order valence-corrected chi connectivity index (χ0v) is 10.6. The second-order valence-electron chi connectivity index (χ2n) is 3.98. The monoisotopic (exact) mass is 259 g/mol. The molecule has 0 fully saturated rings. The van der Waals surface area contributed by atoms with Crippen LogP contribution in [0.25, 0.3) is 5.69 Å². The third-order valence-corrected chi connectivity index (χ3v) is 2.62. The molecule has 0 spiro atoms. The first-order valence-electron chi connectivity index (χ1n) is 5.58. The van der Waals surface area contributed by atoms with Gasteiger partial charge in [-0.05, 0) is 18.6 Å². The molecule has 0 saturated carbocycles. The molecule has 0 aliphatic rings. The number of hydrogen-bond acceptors (Lipinski definition) is 5. The van der Waals surface area contributed by atoms with Crippen molar-refractivity contribution < 1.29 is 4.79 Å². The molecule has 1 aromatic carbocycles. The lowest BCUT2D eigenvalue weighted by atomic mass is 10.2. The summed E-state index contributed by atoms with van der Waals surface area (Å²) in [5.41, 5.74) is 1.05. The van der Waals surface area contributed by atoms with Crippen molar-refractivity contribution >= 4 is 11.9 Å². The number of carbonyl (C=O) groups is 1. The van der Waals surface area contributed by atoms with Crippen LogP contribution in [0.1, 0.15) is 12.5 Å². The summed E-state index contributed by atoms with van der Waals surface area (Å²) >= 11 is 0. The standard InChI is InChI=1S/C12H13N5O2/c1-8-5-3-4-6-10(8)16-7-14-11(15-12(16)19)17(13)9(2)18/h3-7H,13H2,1-2H3. The normalized spacial score (nSPS) is 10.3. The average molecular weight is 259 g/mol. The van der Waals surface area contributed by atoms with E-state index in [0.717, 1.165) is 10.6 Å². The van der Waals surface area contributed by atoms with Crippen molar-refractivity contribution in [3.63, 3.8) is 0 Å². The minimum absolute atomic E-state index is 0.123. The van der Waals surface area contributed by atoms with Crippen molar-refractivity contribution in [3.05, 3.63) is 46.6 Å². The van der Waals surface area contributed by atoms with E-state index in [2.05, 4.69) is 9.97 Å². The Morgan fingerprint density at radius 3 is 2.63 bits per heavy atom. The van der Waals surface area contributed by atoms with Gasteiger partial charge in [-0.2, -0.15) is 4.98 Å². The Hall–Kier alpha value is -2.54. The lowest BCUT2D eigenvalue weighted by molar-refractivity contribution is -0.116. The second kappa shape index (κ2) is 4.99. The number of hydrogen-bond donors (Lipinski definition) is 1.